The van der Waals surface area contributed by atoms with Crippen molar-refractivity contribution in [3.63, 3.8) is 0 Å². The fourth-order valence-electron chi connectivity index (χ4n) is 2.87. The summed E-state index contributed by atoms with van der Waals surface area (Å²) in [5, 5.41) is 7.13. The first-order valence-electron chi connectivity index (χ1n) is 8.93. The molecule has 0 atom stereocenters. The predicted octanol–water partition coefficient (Wildman–Crippen LogP) is 5.42. The van der Waals surface area contributed by atoms with E-state index in [2.05, 4.69) is 74.7 Å². The number of aryl methyl sites for hydroxylation is 4. The minimum atomic E-state index is 0.750. The van der Waals surface area contributed by atoms with Gasteiger partial charge in [0.2, 0.25) is 0 Å². The first kappa shape index (κ1) is 17.4. The van der Waals surface area contributed by atoms with Crippen molar-refractivity contribution in [2.45, 2.75) is 53.4 Å². The number of rotatable bonds is 8. The molecule has 0 aliphatic heterocycles. The normalized spacial score (nSPS) is 10.6. The van der Waals surface area contributed by atoms with E-state index in [0.717, 1.165) is 32.4 Å². The Morgan fingerprint density at radius 3 is 1.39 bits per heavy atom. The second-order valence-corrected chi connectivity index (χ2v) is 5.93. The van der Waals surface area contributed by atoms with Gasteiger partial charge in [-0.3, -0.25) is 0 Å². The van der Waals surface area contributed by atoms with Crippen molar-refractivity contribution in [3.8, 4) is 0 Å². The SMILES string of the molecule is CCc1ccc(CC)c(NCNc2cc(CC)ccc2CC)c1. The van der Waals surface area contributed by atoms with E-state index in [9.17, 15) is 0 Å². The molecule has 2 aromatic carbocycles. The van der Waals surface area contributed by atoms with Gasteiger partial charge in [-0.15, -0.1) is 0 Å². The minimum Gasteiger partial charge on any atom is -0.368 e. The summed E-state index contributed by atoms with van der Waals surface area (Å²) < 4.78 is 0. The fourth-order valence-corrected chi connectivity index (χ4v) is 2.87. The van der Waals surface area contributed by atoms with Crippen molar-refractivity contribution >= 4 is 11.4 Å². The summed E-state index contributed by atoms with van der Waals surface area (Å²) in [4.78, 5) is 0. The summed E-state index contributed by atoms with van der Waals surface area (Å²) >= 11 is 0. The maximum absolute atomic E-state index is 3.57. The molecule has 0 saturated carbocycles. The Labute approximate surface area is 141 Å². The third-order valence-corrected chi connectivity index (χ3v) is 4.48. The molecule has 0 aliphatic rings. The van der Waals surface area contributed by atoms with E-state index in [0.29, 0.717) is 0 Å². The third kappa shape index (κ3) is 4.51. The summed E-state index contributed by atoms with van der Waals surface area (Å²) in [6.07, 6.45) is 4.25. The molecular weight excluding hydrogens is 280 g/mol. The number of anilines is 2. The van der Waals surface area contributed by atoms with Crippen molar-refractivity contribution in [1.82, 2.24) is 0 Å². The first-order valence-corrected chi connectivity index (χ1v) is 8.93. The van der Waals surface area contributed by atoms with Crippen LogP contribution in [0.1, 0.15) is 49.9 Å². The summed E-state index contributed by atoms with van der Waals surface area (Å²) in [6, 6.07) is 13.5. The Balaban J connectivity index is 2.07. The van der Waals surface area contributed by atoms with E-state index in [-0.39, 0.29) is 0 Å². The molecule has 0 spiro atoms. The van der Waals surface area contributed by atoms with Crippen molar-refractivity contribution in [2.24, 2.45) is 0 Å². The van der Waals surface area contributed by atoms with Crippen LogP contribution in [0.25, 0.3) is 0 Å². The smallest absolute Gasteiger partial charge is 0.0849 e. The number of nitrogens with one attached hydrogen (secondary N) is 2. The largest absolute Gasteiger partial charge is 0.368 e. The standard InChI is InChI=1S/C21H30N2/c1-5-16-9-11-18(7-3)20(13-16)22-15-23-21-14-17(6-2)10-12-19(21)8-4/h9-14,22-23H,5-8,15H2,1-4H3. The van der Waals surface area contributed by atoms with Crippen LogP contribution in [0.4, 0.5) is 11.4 Å². The first-order chi connectivity index (χ1) is 11.2. The van der Waals surface area contributed by atoms with E-state index in [1.54, 1.807) is 0 Å². The van der Waals surface area contributed by atoms with E-state index < -0.39 is 0 Å². The van der Waals surface area contributed by atoms with Crippen LogP contribution < -0.4 is 10.6 Å². The van der Waals surface area contributed by atoms with Gasteiger partial charge in [0.15, 0.2) is 0 Å². The maximum Gasteiger partial charge on any atom is 0.0849 e. The minimum absolute atomic E-state index is 0.750. The molecule has 2 heteroatoms. The van der Waals surface area contributed by atoms with Crippen molar-refractivity contribution in [3.05, 3.63) is 58.7 Å². The highest BCUT2D eigenvalue weighted by Gasteiger charge is 2.04. The molecule has 0 amide bonds. The van der Waals surface area contributed by atoms with Gasteiger partial charge in [-0.05, 0) is 60.1 Å². The second-order valence-electron chi connectivity index (χ2n) is 5.93. The molecule has 23 heavy (non-hydrogen) atoms. The highest BCUT2D eigenvalue weighted by atomic mass is 15.1. The lowest BCUT2D eigenvalue weighted by Gasteiger charge is -2.16. The van der Waals surface area contributed by atoms with Gasteiger partial charge in [0.05, 0.1) is 6.67 Å². The van der Waals surface area contributed by atoms with Gasteiger partial charge in [0.25, 0.3) is 0 Å². The lowest BCUT2D eigenvalue weighted by Crippen LogP contribution is -2.14. The molecule has 0 unspecified atom stereocenters. The topological polar surface area (TPSA) is 24.1 Å². The van der Waals surface area contributed by atoms with Gasteiger partial charge < -0.3 is 10.6 Å². The quantitative estimate of drug-likeness (QED) is 0.636. The van der Waals surface area contributed by atoms with Gasteiger partial charge in [-0.2, -0.15) is 0 Å². The number of hydrogen-bond acceptors (Lipinski definition) is 2. The molecule has 0 heterocycles. The predicted molar refractivity (Wildman–Crippen MR) is 103 cm³/mol. The van der Waals surface area contributed by atoms with Crippen LogP contribution in [0.15, 0.2) is 36.4 Å². The van der Waals surface area contributed by atoms with Crippen LogP contribution in [0.3, 0.4) is 0 Å². The van der Waals surface area contributed by atoms with Crippen LogP contribution in [0.2, 0.25) is 0 Å². The molecule has 2 aromatic rings. The Hall–Kier alpha value is -1.96. The van der Waals surface area contributed by atoms with E-state index >= 15 is 0 Å². The fraction of sp³-hybridized carbons (Fsp3) is 0.429. The highest BCUT2D eigenvalue weighted by Crippen LogP contribution is 2.21. The van der Waals surface area contributed by atoms with Crippen LogP contribution in [0.5, 0.6) is 0 Å². The van der Waals surface area contributed by atoms with Crippen molar-refractivity contribution in [2.75, 3.05) is 17.3 Å². The molecule has 2 nitrogen and oxygen atoms in total. The van der Waals surface area contributed by atoms with Crippen LogP contribution in [-0.2, 0) is 25.7 Å². The van der Waals surface area contributed by atoms with Gasteiger partial charge >= 0.3 is 0 Å². The summed E-state index contributed by atoms with van der Waals surface area (Å²) in [7, 11) is 0. The zero-order chi connectivity index (χ0) is 16.7. The highest BCUT2D eigenvalue weighted by molar-refractivity contribution is 5.57. The molecule has 0 fully saturated rings. The lowest BCUT2D eigenvalue weighted by molar-refractivity contribution is 1.07. The van der Waals surface area contributed by atoms with Crippen LogP contribution >= 0.6 is 0 Å². The monoisotopic (exact) mass is 310 g/mol. The Morgan fingerprint density at radius 1 is 0.609 bits per heavy atom. The van der Waals surface area contributed by atoms with Gasteiger partial charge in [-0.1, -0.05) is 52.0 Å². The lowest BCUT2D eigenvalue weighted by atomic mass is 10.0. The Morgan fingerprint density at radius 2 is 1.04 bits per heavy atom. The van der Waals surface area contributed by atoms with Crippen LogP contribution in [0, 0.1) is 0 Å². The molecule has 0 bridgehead atoms. The van der Waals surface area contributed by atoms with Gasteiger partial charge in [-0.25, -0.2) is 0 Å². The van der Waals surface area contributed by atoms with E-state index in [1.165, 1.54) is 33.6 Å². The maximum atomic E-state index is 3.57. The number of hydrogen-bond donors (Lipinski definition) is 2. The average molecular weight is 310 g/mol. The molecule has 2 rings (SSSR count). The summed E-state index contributed by atoms with van der Waals surface area (Å²) in [5.74, 6) is 0. The third-order valence-electron chi connectivity index (χ3n) is 4.48. The molecule has 0 aliphatic carbocycles. The van der Waals surface area contributed by atoms with Gasteiger partial charge in [0, 0.05) is 11.4 Å². The molecule has 0 aromatic heterocycles. The Bertz CT molecular complexity index is 576. The van der Waals surface area contributed by atoms with Crippen LogP contribution in [-0.4, -0.2) is 6.67 Å². The van der Waals surface area contributed by atoms with Crippen molar-refractivity contribution < 1.29 is 0 Å². The molecule has 0 radical (unpaired) electrons. The summed E-state index contributed by atoms with van der Waals surface area (Å²) in [5.41, 5.74) is 8.02. The zero-order valence-electron chi connectivity index (χ0n) is 15.0. The Kier molecular flexibility index (Phi) is 6.52. The average Bonchev–Trinajstić information content (AvgIpc) is 2.61. The second kappa shape index (κ2) is 8.61. The van der Waals surface area contributed by atoms with Crippen molar-refractivity contribution in [1.29, 1.82) is 0 Å². The number of benzene rings is 2. The van der Waals surface area contributed by atoms with E-state index in [1.807, 2.05) is 0 Å². The summed E-state index contributed by atoms with van der Waals surface area (Å²) in [6.45, 7) is 9.57. The van der Waals surface area contributed by atoms with Gasteiger partial charge in [0.1, 0.15) is 0 Å². The molecule has 2 N–H and O–H groups in total. The van der Waals surface area contributed by atoms with E-state index in [4.69, 9.17) is 0 Å². The molecule has 0 saturated heterocycles. The molecular formula is C21H30N2. The zero-order valence-corrected chi connectivity index (χ0v) is 15.0. The molecule has 124 valence electrons.